The number of hydrogen-bond donors (Lipinski definition) is 0. The molecule has 0 aromatic rings. The zero-order valence-corrected chi connectivity index (χ0v) is 13.6. The first kappa shape index (κ1) is 30.4. The number of rotatable bonds is 0. The van der Waals surface area contributed by atoms with E-state index in [0.717, 1.165) is 0 Å². The van der Waals surface area contributed by atoms with Gasteiger partial charge in [-0.2, -0.15) is 0 Å². The molecule has 0 aliphatic heterocycles. The van der Waals surface area contributed by atoms with Gasteiger partial charge in [0, 0.05) is 0 Å². The van der Waals surface area contributed by atoms with E-state index in [-0.39, 0.29) is 17.4 Å². The second-order valence-corrected chi connectivity index (χ2v) is 4.20. The second kappa shape index (κ2) is 25.3. The molecule has 106 valence electrons. The van der Waals surface area contributed by atoms with Gasteiger partial charge in [0.25, 0.3) is 0 Å². The topological polar surface area (TPSA) is 92.2 Å². The van der Waals surface area contributed by atoms with E-state index in [4.69, 9.17) is 0 Å². The van der Waals surface area contributed by atoms with Crippen molar-refractivity contribution in [1.29, 1.82) is 0 Å². The van der Waals surface area contributed by atoms with E-state index in [1.54, 1.807) is 55.4 Å². The molecule has 0 amide bonds. The molecule has 0 unspecified atom stereocenters. The maximum atomic E-state index is 9.53. The van der Waals surface area contributed by atoms with Crippen LogP contribution in [0.1, 0.15) is 55.4 Å². The number of hydrogen-bond acceptors (Lipinski definition) is 4. The Hall–Kier alpha value is 0.372. The van der Waals surface area contributed by atoms with Crippen LogP contribution in [-0.2, 0) is 17.4 Å². The molecule has 0 saturated carbocycles. The average Bonchev–Trinajstić information content (AvgIpc) is 1.76. The van der Waals surface area contributed by atoms with Crippen molar-refractivity contribution in [3.8, 4) is 0 Å². The van der Waals surface area contributed by atoms with Crippen molar-refractivity contribution in [3.05, 3.63) is 0 Å². The van der Waals surface area contributed by atoms with E-state index in [9.17, 15) is 20.4 Å². The maximum absolute atomic E-state index is 9.53. The summed E-state index contributed by atoms with van der Waals surface area (Å²) in [6.45, 7) is 12.9. The van der Waals surface area contributed by atoms with Crippen molar-refractivity contribution in [1.82, 2.24) is 0 Å². The van der Waals surface area contributed by atoms with Gasteiger partial charge in [-0.25, -0.2) is 0 Å². The van der Waals surface area contributed by atoms with Crippen LogP contribution in [0, 0.1) is 0 Å². The fourth-order valence-corrected chi connectivity index (χ4v) is 0. The fourth-order valence-electron chi connectivity index (χ4n) is 0. The molecule has 4 nitrogen and oxygen atoms in total. The fraction of sp³-hybridized carbons (Fsp3) is 1.00. The summed E-state index contributed by atoms with van der Waals surface area (Å²) in [6.07, 6.45) is -1.67. The summed E-state index contributed by atoms with van der Waals surface area (Å²) in [7, 11) is 0. The predicted molar refractivity (Wildman–Crippen MR) is 60.5 cm³/mol. The largest absolute Gasteiger partial charge is 4.00 e. The van der Waals surface area contributed by atoms with Gasteiger partial charge < -0.3 is 20.4 Å². The summed E-state index contributed by atoms with van der Waals surface area (Å²) >= 11 is 0. The van der Waals surface area contributed by atoms with Crippen molar-refractivity contribution >= 4 is 0 Å². The van der Waals surface area contributed by atoms with Crippen LogP contribution < -0.4 is 20.4 Å². The first-order chi connectivity index (χ1) is 6.93. The predicted octanol–water partition coefficient (Wildman–Crippen LogP) is -0.982. The van der Waals surface area contributed by atoms with Crippen molar-refractivity contribution < 1.29 is 37.8 Å². The molecule has 17 heavy (non-hydrogen) atoms. The third-order valence-corrected chi connectivity index (χ3v) is 0. The van der Waals surface area contributed by atoms with Gasteiger partial charge in [0.15, 0.2) is 0 Å². The van der Waals surface area contributed by atoms with Crippen molar-refractivity contribution in [2.45, 2.75) is 79.8 Å². The minimum Gasteiger partial charge on any atom is -0.852 e. The quantitative estimate of drug-likeness (QED) is 0.572. The third kappa shape index (κ3) is 24400. The maximum Gasteiger partial charge on any atom is 4.00 e. The van der Waals surface area contributed by atoms with Crippen LogP contribution in [0.3, 0.4) is 0 Å². The zero-order valence-electron chi connectivity index (χ0n) is 12.4. The molecule has 0 heterocycles. The third-order valence-electron chi connectivity index (χ3n) is 0. The normalized spacial score (nSPS) is 8.47. The summed E-state index contributed by atoms with van der Waals surface area (Å²) in [5, 5.41) is 38.1. The van der Waals surface area contributed by atoms with Crippen LogP contribution in [0.4, 0.5) is 0 Å². The summed E-state index contributed by atoms with van der Waals surface area (Å²) in [5.41, 5.74) is 0. The second-order valence-electron chi connectivity index (χ2n) is 4.20. The van der Waals surface area contributed by atoms with E-state index in [1.807, 2.05) is 0 Å². The molecule has 0 aromatic heterocycles. The van der Waals surface area contributed by atoms with Crippen molar-refractivity contribution in [3.63, 3.8) is 0 Å². The van der Waals surface area contributed by atoms with Crippen molar-refractivity contribution in [2.75, 3.05) is 0 Å². The average molecular weight is 288 g/mol. The van der Waals surface area contributed by atoms with Gasteiger partial charge in [0.05, 0.1) is 0 Å². The molecular formula is C12H28CrO4. The standard InChI is InChI=1S/4C3H7O.Cr/c4*1-3(2)4;/h4*3H,1-2H3;/q4*-1;+4. The Morgan fingerprint density at radius 2 is 0.412 bits per heavy atom. The summed E-state index contributed by atoms with van der Waals surface area (Å²) in [4.78, 5) is 0. The Labute approximate surface area is 118 Å². The Balaban J connectivity index is -0.0000000369. The first-order valence-electron chi connectivity index (χ1n) is 5.56. The van der Waals surface area contributed by atoms with Gasteiger partial charge >= 0.3 is 17.4 Å². The van der Waals surface area contributed by atoms with Gasteiger partial charge in [-0.1, -0.05) is 55.4 Å². The minimum absolute atomic E-state index is 0. The van der Waals surface area contributed by atoms with Crippen LogP contribution in [0.5, 0.6) is 0 Å². The molecule has 0 atom stereocenters. The molecule has 0 aliphatic carbocycles. The van der Waals surface area contributed by atoms with Gasteiger partial charge in [-0.15, -0.1) is 24.4 Å². The Bertz CT molecular complexity index is 61.5. The van der Waals surface area contributed by atoms with Crippen molar-refractivity contribution in [2.24, 2.45) is 0 Å². The van der Waals surface area contributed by atoms with Crippen LogP contribution >= 0.6 is 0 Å². The van der Waals surface area contributed by atoms with E-state index in [2.05, 4.69) is 0 Å². The molecule has 0 rings (SSSR count). The Morgan fingerprint density at radius 3 is 0.412 bits per heavy atom. The molecule has 0 aromatic carbocycles. The van der Waals surface area contributed by atoms with Crippen LogP contribution in [0.15, 0.2) is 0 Å². The van der Waals surface area contributed by atoms with E-state index < -0.39 is 24.4 Å². The molecule has 0 saturated heterocycles. The Morgan fingerprint density at radius 1 is 0.412 bits per heavy atom. The molecule has 0 N–H and O–H groups in total. The first-order valence-corrected chi connectivity index (χ1v) is 5.56. The van der Waals surface area contributed by atoms with E-state index in [1.165, 1.54) is 0 Å². The monoisotopic (exact) mass is 288 g/mol. The Kier molecular flexibility index (Phi) is 45.2. The molecule has 5 heteroatoms. The summed E-state index contributed by atoms with van der Waals surface area (Å²) in [5.74, 6) is 0. The zero-order chi connectivity index (χ0) is 14.3. The van der Waals surface area contributed by atoms with Crippen LogP contribution in [0.25, 0.3) is 0 Å². The molecule has 0 radical (unpaired) electrons. The van der Waals surface area contributed by atoms with Gasteiger partial charge in [-0.3, -0.25) is 0 Å². The molecule has 0 bridgehead atoms. The SMILES string of the molecule is CC(C)[O-].CC(C)[O-].CC(C)[O-].CC(C)[O-].[Cr+4]. The van der Waals surface area contributed by atoms with E-state index in [0.29, 0.717) is 0 Å². The van der Waals surface area contributed by atoms with Gasteiger partial charge in [0.1, 0.15) is 0 Å². The van der Waals surface area contributed by atoms with Crippen LogP contribution in [0.2, 0.25) is 0 Å². The smallest absolute Gasteiger partial charge is 0.852 e. The van der Waals surface area contributed by atoms with Gasteiger partial charge in [-0.05, 0) is 0 Å². The van der Waals surface area contributed by atoms with Crippen LogP contribution in [-0.4, -0.2) is 24.4 Å². The summed E-state index contributed by atoms with van der Waals surface area (Å²) in [6, 6.07) is 0. The molecular weight excluding hydrogens is 260 g/mol. The molecule has 0 spiro atoms. The minimum atomic E-state index is -0.417. The van der Waals surface area contributed by atoms with E-state index >= 15 is 0 Å². The molecule has 0 fully saturated rings. The van der Waals surface area contributed by atoms with Gasteiger partial charge in [0.2, 0.25) is 0 Å². The molecule has 0 aliphatic rings. The summed E-state index contributed by atoms with van der Waals surface area (Å²) < 4.78 is 0.